The van der Waals surface area contributed by atoms with Gasteiger partial charge in [-0.2, -0.15) is 0 Å². The molecule has 126 valence electrons. The fourth-order valence-corrected chi connectivity index (χ4v) is 1.52. The number of benzene rings is 1. The number of carbonyl (C=O) groups excluding carboxylic acids is 3. The van der Waals surface area contributed by atoms with Gasteiger partial charge in [-0.05, 0) is 26.0 Å². The molecule has 3 amide bonds. The zero-order valence-electron chi connectivity index (χ0n) is 13.3. The summed E-state index contributed by atoms with van der Waals surface area (Å²) in [6.45, 7) is 2.55. The third-order valence-electron chi connectivity index (χ3n) is 2.45. The molecule has 1 aromatic rings. The lowest BCUT2D eigenvalue weighted by Gasteiger charge is -2.11. The van der Waals surface area contributed by atoms with Gasteiger partial charge in [0.1, 0.15) is 0 Å². The second-order valence-electron chi connectivity index (χ2n) is 4.78. The van der Waals surface area contributed by atoms with E-state index >= 15 is 0 Å². The van der Waals surface area contributed by atoms with Gasteiger partial charge >= 0.3 is 12.0 Å². The van der Waals surface area contributed by atoms with E-state index in [1.807, 2.05) is 5.32 Å². The van der Waals surface area contributed by atoms with E-state index < -0.39 is 24.5 Å². The highest BCUT2D eigenvalue weighted by molar-refractivity contribution is 5.95. The Morgan fingerprint density at radius 3 is 2.35 bits per heavy atom. The minimum absolute atomic E-state index is 0.111. The maximum absolute atomic E-state index is 11.5. The number of urea groups is 1. The molecule has 8 heteroatoms. The van der Waals surface area contributed by atoms with Crippen molar-refractivity contribution >= 4 is 17.9 Å². The van der Waals surface area contributed by atoms with Crippen molar-refractivity contribution in [2.24, 2.45) is 0 Å². The van der Waals surface area contributed by atoms with Crippen LogP contribution in [0.4, 0.5) is 4.79 Å². The highest BCUT2D eigenvalue weighted by Gasteiger charge is 2.12. The Hall–Kier alpha value is -2.77. The lowest BCUT2D eigenvalue weighted by atomic mass is 10.3. The molecule has 0 aliphatic heterocycles. The third kappa shape index (κ3) is 7.16. The first-order chi connectivity index (χ1) is 10.9. The van der Waals surface area contributed by atoms with Crippen LogP contribution >= 0.6 is 0 Å². The highest BCUT2D eigenvalue weighted by atomic mass is 16.6. The molecule has 0 bridgehead atoms. The van der Waals surface area contributed by atoms with E-state index in [9.17, 15) is 14.4 Å². The van der Waals surface area contributed by atoms with Crippen LogP contribution in [0.25, 0.3) is 0 Å². The van der Waals surface area contributed by atoms with Gasteiger partial charge in [-0.1, -0.05) is 12.1 Å². The van der Waals surface area contributed by atoms with E-state index in [0.717, 1.165) is 0 Å². The molecule has 0 unspecified atom stereocenters. The molecular formula is C15H20N2O6. The molecule has 8 nitrogen and oxygen atoms in total. The Bertz CT molecular complexity index is 559. The smallest absolute Gasteiger partial charge is 0.344 e. The van der Waals surface area contributed by atoms with Gasteiger partial charge in [0.15, 0.2) is 24.7 Å². The van der Waals surface area contributed by atoms with Crippen LogP contribution in [0.3, 0.4) is 0 Å². The first-order valence-corrected chi connectivity index (χ1v) is 6.94. The molecule has 0 spiro atoms. The molecule has 1 rings (SSSR count). The number of amides is 3. The Balaban J connectivity index is 2.31. The topological polar surface area (TPSA) is 103 Å². The molecule has 0 saturated heterocycles. The molecule has 0 aromatic heterocycles. The summed E-state index contributed by atoms with van der Waals surface area (Å²) >= 11 is 0. The maximum Gasteiger partial charge on any atom is 0.344 e. The van der Waals surface area contributed by atoms with Gasteiger partial charge in [0.2, 0.25) is 0 Å². The summed E-state index contributed by atoms with van der Waals surface area (Å²) in [5.74, 6) is -0.611. The zero-order valence-corrected chi connectivity index (χ0v) is 13.3. The van der Waals surface area contributed by atoms with Crippen molar-refractivity contribution in [1.29, 1.82) is 0 Å². The van der Waals surface area contributed by atoms with E-state index in [0.29, 0.717) is 11.5 Å². The number of para-hydroxylation sites is 2. The highest BCUT2D eigenvalue weighted by Crippen LogP contribution is 2.25. The normalized spacial score (nSPS) is 9.91. The first kappa shape index (κ1) is 18.3. The predicted molar refractivity (Wildman–Crippen MR) is 81.3 cm³/mol. The standard InChI is InChI=1S/C15H20N2O6/c1-10(2)16-15(20)17-13(18)8-23-14(19)9-22-12-7-5-4-6-11(12)21-3/h4-7,10H,8-9H2,1-3H3,(H2,16,17,18,20). The summed E-state index contributed by atoms with van der Waals surface area (Å²) in [6, 6.07) is 6.04. The minimum Gasteiger partial charge on any atom is -0.493 e. The van der Waals surface area contributed by atoms with Crippen molar-refractivity contribution in [2.45, 2.75) is 19.9 Å². The van der Waals surface area contributed by atoms with Gasteiger partial charge in [-0.25, -0.2) is 9.59 Å². The SMILES string of the molecule is COc1ccccc1OCC(=O)OCC(=O)NC(=O)NC(C)C. The Morgan fingerprint density at radius 1 is 1.09 bits per heavy atom. The monoisotopic (exact) mass is 324 g/mol. The van der Waals surface area contributed by atoms with Crippen LogP contribution in [0.1, 0.15) is 13.8 Å². The van der Waals surface area contributed by atoms with Crippen LogP contribution in [-0.4, -0.2) is 44.3 Å². The van der Waals surface area contributed by atoms with Gasteiger partial charge in [-0.3, -0.25) is 10.1 Å². The number of carbonyl (C=O) groups is 3. The summed E-state index contributed by atoms with van der Waals surface area (Å²) in [5.41, 5.74) is 0. The summed E-state index contributed by atoms with van der Waals surface area (Å²) in [5, 5.41) is 4.50. The molecule has 0 aliphatic carbocycles. The average molecular weight is 324 g/mol. The van der Waals surface area contributed by atoms with Gasteiger partial charge in [0.05, 0.1) is 7.11 Å². The molecule has 0 aliphatic rings. The fourth-order valence-electron chi connectivity index (χ4n) is 1.52. The van der Waals surface area contributed by atoms with Gasteiger partial charge in [0.25, 0.3) is 5.91 Å². The second-order valence-corrected chi connectivity index (χ2v) is 4.78. The van der Waals surface area contributed by atoms with Crippen molar-refractivity contribution in [3.05, 3.63) is 24.3 Å². The quantitative estimate of drug-likeness (QED) is 0.721. The molecular weight excluding hydrogens is 304 g/mol. The average Bonchev–Trinajstić information content (AvgIpc) is 2.50. The maximum atomic E-state index is 11.5. The van der Waals surface area contributed by atoms with Gasteiger partial charge in [-0.15, -0.1) is 0 Å². The van der Waals surface area contributed by atoms with E-state index in [2.05, 4.69) is 5.32 Å². The van der Waals surface area contributed by atoms with Crippen LogP contribution in [0, 0.1) is 0 Å². The molecule has 0 heterocycles. The molecule has 0 saturated carbocycles. The summed E-state index contributed by atoms with van der Waals surface area (Å²) in [7, 11) is 1.48. The number of methoxy groups -OCH3 is 1. The van der Waals surface area contributed by atoms with E-state index in [1.54, 1.807) is 38.1 Å². The van der Waals surface area contributed by atoms with Crippen LogP contribution in [0.15, 0.2) is 24.3 Å². The van der Waals surface area contributed by atoms with Crippen LogP contribution in [0.2, 0.25) is 0 Å². The number of imide groups is 1. The Morgan fingerprint density at radius 2 is 1.74 bits per heavy atom. The van der Waals surface area contributed by atoms with Crippen molar-refractivity contribution in [3.8, 4) is 11.5 Å². The molecule has 0 atom stereocenters. The minimum atomic E-state index is -0.740. The number of ether oxygens (including phenoxy) is 3. The van der Waals surface area contributed by atoms with E-state index in [1.165, 1.54) is 7.11 Å². The van der Waals surface area contributed by atoms with Crippen molar-refractivity contribution in [3.63, 3.8) is 0 Å². The number of esters is 1. The third-order valence-corrected chi connectivity index (χ3v) is 2.45. The van der Waals surface area contributed by atoms with Crippen LogP contribution in [-0.2, 0) is 14.3 Å². The fraction of sp³-hybridized carbons (Fsp3) is 0.400. The summed E-state index contributed by atoms with van der Waals surface area (Å²) in [4.78, 5) is 34.2. The zero-order chi connectivity index (χ0) is 17.2. The lowest BCUT2D eigenvalue weighted by molar-refractivity contribution is -0.150. The van der Waals surface area contributed by atoms with Crippen LogP contribution in [0.5, 0.6) is 11.5 Å². The Labute approximate surface area is 134 Å². The molecule has 23 heavy (non-hydrogen) atoms. The number of hydrogen-bond acceptors (Lipinski definition) is 6. The largest absolute Gasteiger partial charge is 0.493 e. The molecule has 0 fully saturated rings. The number of nitrogens with one attached hydrogen (secondary N) is 2. The Kier molecular flexibility index (Phi) is 7.38. The summed E-state index contributed by atoms with van der Waals surface area (Å²) < 4.78 is 15.0. The molecule has 0 radical (unpaired) electrons. The predicted octanol–water partition coefficient (Wildman–Crippen LogP) is 0.851. The van der Waals surface area contributed by atoms with Crippen LogP contribution < -0.4 is 20.1 Å². The van der Waals surface area contributed by atoms with E-state index in [4.69, 9.17) is 14.2 Å². The second kappa shape index (κ2) is 9.29. The van der Waals surface area contributed by atoms with Crippen molar-refractivity contribution in [1.82, 2.24) is 10.6 Å². The molecule has 1 aromatic carbocycles. The first-order valence-electron chi connectivity index (χ1n) is 6.94. The number of hydrogen-bond donors (Lipinski definition) is 2. The van der Waals surface area contributed by atoms with Gasteiger partial charge in [0, 0.05) is 6.04 Å². The lowest BCUT2D eigenvalue weighted by Crippen LogP contribution is -2.44. The van der Waals surface area contributed by atoms with E-state index in [-0.39, 0.29) is 12.6 Å². The number of rotatable bonds is 7. The molecule has 2 N–H and O–H groups in total. The summed E-state index contributed by atoms with van der Waals surface area (Å²) in [6.07, 6.45) is 0. The van der Waals surface area contributed by atoms with Crippen molar-refractivity contribution < 1.29 is 28.6 Å². The van der Waals surface area contributed by atoms with Gasteiger partial charge < -0.3 is 19.5 Å². The van der Waals surface area contributed by atoms with Crippen molar-refractivity contribution in [2.75, 3.05) is 20.3 Å².